The van der Waals surface area contributed by atoms with E-state index in [0.717, 1.165) is 68.0 Å². The Kier molecular flexibility index (Phi) is 14.7. The summed E-state index contributed by atoms with van der Waals surface area (Å²) in [6.45, 7) is 15.1. The van der Waals surface area contributed by atoms with Crippen molar-refractivity contribution in [2.45, 2.75) is 112 Å². The molecule has 0 N–H and O–H groups in total. The van der Waals surface area contributed by atoms with Crippen molar-refractivity contribution in [2.24, 2.45) is 0 Å². The van der Waals surface area contributed by atoms with E-state index in [2.05, 4.69) is 53.7 Å². The fourth-order valence-electron chi connectivity index (χ4n) is 4.27. The predicted molar refractivity (Wildman–Crippen MR) is 161 cm³/mol. The maximum atomic E-state index is 13.7. The Labute approximate surface area is 230 Å². The van der Waals surface area contributed by atoms with Gasteiger partial charge < -0.3 is 18.8 Å². The maximum absolute atomic E-state index is 13.7. The number of fused-ring (bicyclic) bond motifs is 1. The minimum absolute atomic E-state index is 0.111. The quantitative estimate of drug-likeness (QED) is 0.136. The zero-order chi connectivity index (χ0) is 27.8. The largest absolute Gasteiger partial charge is 0.489 e. The number of aromatic nitrogens is 1. The van der Waals surface area contributed by atoms with Crippen molar-refractivity contribution in [2.75, 3.05) is 19.8 Å². The lowest BCUT2D eigenvalue weighted by Gasteiger charge is -2.19. The summed E-state index contributed by atoms with van der Waals surface area (Å²) in [5.74, 6) is 1.68. The minimum atomic E-state index is -0.111. The number of hydrogen-bond acceptors (Lipinski definition) is 4. The zero-order valence-corrected chi connectivity index (χ0v) is 24.9. The number of allylic oxidation sites excluding steroid dienone is 3. The van der Waals surface area contributed by atoms with Gasteiger partial charge in [0.25, 0.3) is 5.56 Å². The van der Waals surface area contributed by atoms with Gasteiger partial charge in [-0.1, -0.05) is 70.1 Å². The third-order valence-electron chi connectivity index (χ3n) is 6.65. The van der Waals surface area contributed by atoms with E-state index in [0.29, 0.717) is 37.9 Å². The van der Waals surface area contributed by atoms with Gasteiger partial charge in [-0.05, 0) is 71.1 Å². The maximum Gasteiger partial charge on any atom is 0.297 e. The molecule has 0 atom stereocenters. The molecular weight excluding hydrogens is 474 g/mol. The van der Waals surface area contributed by atoms with Crippen molar-refractivity contribution >= 4 is 10.9 Å². The third-order valence-corrected chi connectivity index (χ3v) is 6.65. The van der Waals surface area contributed by atoms with Gasteiger partial charge in [0.05, 0.1) is 18.7 Å². The first-order valence-electron chi connectivity index (χ1n) is 14.8. The summed E-state index contributed by atoms with van der Waals surface area (Å²) < 4.78 is 20.3. The topological polar surface area (TPSA) is 49.7 Å². The summed E-state index contributed by atoms with van der Waals surface area (Å²) in [5.41, 5.74) is 3.40. The molecule has 2 rings (SSSR count). The van der Waals surface area contributed by atoms with Gasteiger partial charge in [0, 0.05) is 18.0 Å². The lowest BCUT2D eigenvalue weighted by Crippen LogP contribution is -2.24. The van der Waals surface area contributed by atoms with Crippen LogP contribution in [0.25, 0.3) is 10.9 Å². The molecule has 0 aliphatic rings. The van der Waals surface area contributed by atoms with E-state index in [1.807, 2.05) is 22.8 Å². The van der Waals surface area contributed by atoms with Crippen molar-refractivity contribution < 1.29 is 14.2 Å². The smallest absolute Gasteiger partial charge is 0.297 e. The molecule has 2 aromatic rings. The molecule has 0 saturated heterocycles. The number of ether oxygens (including phenoxy) is 3. The number of hydrogen-bond donors (Lipinski definition) is 0. The van der Waals surface area contributed by atoms with E-state index >= 15 is 0 Å². The van der Waals surface area contributed by atoms with E-state index < -0.39 is 0 Å². The van der Waals surface area contributed by atoms with Gasteiger partial charge in [-0.25, -0.2) is 0 Å². The first-order valence-corrected chi connectivity index (χ1v) is 14.8. The molecule has 0 fully saturated rings. The summed E-state index contributed by atoms with van der Waals surface area (Å²) >= 11 is 0. The average molecular weight is 526 g/mol. The SMILES string of the molecule is CCCCCCOc1c(OCCCC)c2ccc(OC/C=C(\C)CCC=C(C)C)cc2n(CCCC)c1=O. The highest BCUT2D eigenvalue weighted by Gasteiger charge is 2.20. The molecule has 5 heteroatoms. The van der Waals surface area contributed by atoms with E-state index in [-0.39, 0.29) is 5.56 Å². The van der Waals surface area contributed by atoms with Crippen LogP contribution < -0.4 is 19.8 Å². The van der Waals surface area contributed by atoms with Gasteiger partial charge in [0.2, 0.25) is 5.75 Å². The molecule has 0 saturated carbocycles. The molecule has 1 heterocycles. The molecule has 0 aliphatic heterocycles. The number of aryl methyl sites for hydroxylation is 1. The third kappa shape index (κ3) is 10.2. The summed E-state index contributed by atoms with van der Waals surface area (Å²) in [5, 5.41) is 0.904. The lowest BCUT2D eigenvalue weighted by molar-refractivity contribution is 0.258. The molecule has 0 spiro atoms. The van der Waals surface area contributed by atoms with Gasteiger partial charge in [0.1, 0.15) is 12.4 Å². The van der Waals surface area contributed by atoms with Crippen molar-refractivity contribution in [3.63, 3.8) is 0 Å². The van der Waals surface area contributed by atoms with E-state index in [4.69, 9.17) is 14.2 Å². The number of pyridine rings is 1. The van der Waals surface area contributed by atoms with Crippen molar-refractivity contribution in [3.05, 3.63) is 51.9 Å². The molecule has 212 valence electrons. The highest BCUT2D eigenvalue weighted by atomic mass is 16.5. The highest BCUT2D eigenvalue weighted by Crippen LogP contribution is 2.35. The first kappa shape index (κ1) is 31.5. The zero-order valence-electron chi connectivity index (χ0n) is 24.9. The Morgan fingerprint density at radius 3 is 2.24 bits per heavy atom. The van der Waals surface area contributed by atoms with Crippen LogP contribution in [0.1, 0.15) is 106 Å². The standard InChI is InChI=1S/C33H51NO4/c1-7-10-13-14-23-38-32-31(37-22-12-9-3)29-19-18-28(25-30(29)34(33(32)35)21-11-8-2)36-24-20-27(6)17-15-16-26(4)5/h16,18-20,25H,7-15,17,21-24H2,1-6H3/b27-20+. The predicted octanol–water partition coefficient (Wildman–Crippen LogP) is 9.01. The van der Waals surface area contributed by atoms with E-state index in [9.17, 15) is 4.79 Å². The van der Waals surface area contributed by atoms with Crippen LogP contribution in [0, 0.1) is 0 Å². The average Bonchev–Trinajstić information content (AvgIpc) is 2.89. The van der Waals surface area contributed by atoms with Crippen LogP contribution in [0.15, 0.2) is 46.3 Å². The molecule has 1 aromatic heterocycles. The summed E-state index contributed by atoms with van der Waals surface area (Å²) in [4.78, 5) is 13.7. The molecular formula is C33H51NO4. The van der Waals surface area contributed by atoms with Crippen LogP contribution in [0.5, 0.6) is 17.2 Å². The van der Waals surface area contributed by atoms with Crippen LogP contribution in [0.3, 0.4) is 0 Å². The van der Waals surface area contributed by atoms with Gasteiger partial charge in [-0.15, -0.1) is 0 Å². The Hall–Kier alpha value is -2.69. The molecule has 0 radical (unpaired) electrons. The second-order valence-electron chi connectivity index (χ2n) is 10.4. The number of benzene rings is 1. The fourth-order valence-corrected chi connectivity index (χ4v) is 4.27. The van der Waals surface area contributed by atoms with E-state index in [1.54, 1.807) is 0 Å². The summed E-state index contributed by atoms with van der Waals surface area (Å²) in [6.07, 6.45) is 14.7. The molecule has 0 amide bonds. The second kappa shape index (κ2) is 17.8. The van der Waals surface area contributed by atoms with Gasteiger partial charge in [-0.2, -0.15) is 0 Å². The molecule has 5 nitrogen and oxygen atoms in total. The van der Waals surface area contributed by atoms with Crippen LogP contribution in [0.4, 0.5) is 0 Å². The lowest BCUT2D eigenvalue weighted by atomic mass is 10.1. The Bertz CT molecular complexity index is 1090. The minimum Gasteiger partial charge on any atom is -0.489 e. The molecule has 0 aliphatic carbocycles. The monoisotopic (exact) mass is 525 g/mol. The molecule has 38 heavy (non-hydrogen) atoms. The van der Waals surface area contributed by atoms with Crippen LogP contribution in [0.2, 0.25) is 0 Å². The summed E-state index contributed by atoms with van der Waals surface area (Å²) in [6, 6.07) is 5.97. The fraction of sp³-hybridized carbons (Fsp3) is 0.606. The molecule has 0 bridgehead atoms. The first-order chi connectivity index (χ1) is 18.4. The van der Waals surface area contributed by atoms with Gasteiger partial charge >= 0.3 is 0 Å². The van der Waals surface area contributed by atoms with Crippen molar-refractivity contribution in [3.8, 4) is 17.2 Å². The molecule has 1 aromatic carbocycles. The normalized spacial score (nSPS) is 11.6. The van der Waals surface area contributed by atoms with E-state index in [1.165, 1.54) is 24.0 Å². The van der Waals surface area contributed by atoms with Crippen molar-refractivity contribution in [1.82, 2.24) is 4.57 Å². The molecule has 0 unspecified atom stereocenters. The van der Waals surface area contributed by atoms with Gasteiger partial charge in [-0.3, -0.25) is 4.79 Å². The van der Waals surface area contributed by atoms with Crippen LogP contribution >= 0.6 is 0 Å². The van der Waals surface area contributed by atoms with Gasteiger partial charge in [0.15, 0.2) is 5.75 Å². The Balaban J connectivity index is 2.38. The van der Waals surface area contributed by atoms with Crippen LogP contribution in [-0.2, 0) is 6.54 Å². The second-order valence-corrected chi connectivity index (χ2v) is 10.4. The Morgan fingerprint density at radius 1 is 0.816 bits per heavy atom. The Morgan fingerprint density at radius 2 is 1.53 bits per heavy atom. The number of nitrogens with zero attached hydrogens (tertiary/aromatic N) is 1. The van der Waals surface area contributed by atoms with Crippen molar-refractivity contribution in [1.29, 1.82) is 0 Å². The number of unbranched alkanes of at least 4 members (excludes halogenated alkanes) is 5. The summed E-state index contributed by atoms with van der Waals surface area (Å²) in [7, 11) is 0. The highest BCUT2D eigenvalue weighted by molar-refractivity contribution is 5.89. The van der Waals surface area contributed by atoms with Crippen LogP contribution in [-0.4, -0.2) is 24.4 Å². The number of rotatable bonds is 19.